The van der Waals surface area contributed by atoms with Gasteiger partial charge in [-0.3, -0.25) is 10.3 Å². The normalized spacial score (nSPS) is 20.2. The summed E-state index contributed by atoms with van der Waals surface area (Å²) in [5, 5.41) is 12.6. The second kappa shape index (κ2) is 11.1. The number of piperidine rings is 1. The van der Waals surface area contributed by atoms with Crippen molar-refractivity contribution in [2.24, 2.45) is 0 Å². The van der Waals surface area contributed by atoms with E-state index in [4.69, 9.17) is 5.41 Å². The molecule has 6 rings (SSSR count). The lowest BCUT2D eigenvalue weighted by Crippen LogP contribution is -2.53. The molecule has 4 nitrogen and oxygen atoms in total. The number of nitrogens with one attached hydrogen (secondary N) is 2. The Labute approximate surface area is 237 Å². The van der Waals surface area contributed by atoms with Crippen LogP contribution in [0.4, 0.5) is 15.8 Å². The van der Waals surface area contributed by atoms with Gasteiger partial charge in [0.2, 0.25) is 0 Å². The van der Waals surface area contributed by atoms with E-state index in [1.54, 1.807) is 12.1 Å². The Kier molecular flexibility index (Phi) is 7.33. The van der Waals surface area contributed by atoms with Gasteiger partial charge in [-0.1, -0.05) is 42.5 Å². The van der Waals surface area contributed by atoms with Gasteiger partial charge < -0.3 is 10.2 Å². The van der Waals surface area contributed by atoms with Gasteiger partial charge in [0.15, 0.2) is 0 Å². The SMILES string of the molecule is C/C=C(\C)c1cc(NC2CCN(C3C=C(C)c4ccccc4N3C3CC3)CC2)ccc1C(=N)c1cccc(F)c1. The zero-order chi connectivity index (χ0) is 27.8. The number of likely N-dealkylation sites (tertiary alicyclic amines) is 1. The van der Waals surface area contributed by atoms with E-state index >= 15 is 0 Å². The van der Waals surface area contributed by atoms with Gasteiger partial charge in [-0.2, -0.15) is 0 Å². The van der Waals surface area contributed by atoms with Gasteiger partial charge in [0.1, 0.15) is 12.0 Å². The van der Waals surface area contributed by atoms with Crippen LogP contribution in [0.2, 0.25) is 0 Å². The number of hydrogen-bond acceptors (Lipinski definition) is 4. The van der Waals surface area contributed by atoms with E-state index in [0.717, 1.165) is 48.3 Å². The predicted molar refractivity (Wildman–Crippen MR) is 166 cm³/mol. The van der Waals surface area contributed by atoms with Crippen molar-refractivity contribution in [1.82, 2.24) is 4.90 Å². The maximum absolute atomic E-state index is 13.9. The summed E-state index contributed by atoms with van der Waals surface area (Å²) in [5.41, 5.74) is 9.10. The van der Waals surface area contributed by atoms with Crippen LogP contribution in [0.15, 0.2) is 78.9 Å². The molecule has 2 heterocycles. The zero-order valence-corrected chi connectivity index (χ0v) is 23.8. The number of benzene rings is 3. The number of anilines is 2. The van der Waals surface area contributed by atoms with Crippen LogP contribution in [0.1, 0.15) is 68.7 Å². The summed E-state index contributed by atoms with van der Waals surface area (Å²) >= 11 is 0. The molecular formula is C35H39FN4. The van der Waals surface area contributed by atoms with E-state index in [0.29, 0.717) is 29.5 Å². The zero-order valence-electron chi connectivity index (χ0n) is 23.8. The van der Waals surface area contributed by atoms with Gasteiger partial charge in [-0.15, -0.1) is 0 Å². The lowest BCUT2D eigenvalue weighted by molar-refractivity contribution is 0.177. The molecule has 1 saturated carbocycles. The number of hydrogen-bond donors (Lipinski definition) is 2. The van der Waals surface area contributed by atoms with Gasteiger partial charge in [0, 0.05) is 53.2 Å². The van der Waals surface area contributed by atoms with E-state index in [9.17, 15) is 4.39 Å². The van der Waals surface area contributed by atoms with Crippen LogP contribution >= 0.6 is 0 Å². The number of para-hydroxylation sites is 1. The van der Waals surface area contributed by atoms with Crippen molar-refractivity contribution in [3.05, 3.63) is 107 Å². The number of fused-ring (bicyclic) bond motifs is 1. The second-order valence-corrected chi connectivity index (χ2v) is 11.5. The van der Waals surface area contributed by atoms with Crippen LogP contribution in [-0.4, -0.2) is 42.0 Å². The van der Waals surface area contributed by atoms with Crippen LogP contribution in [0, 0.1) is 11.2 Å². The Morgan fingerprint density at radius 1 is 0.950 bits per heavy atom. The fourth-order valence-electron chi connectivity index (χ4n) is 6.29. The highest BCUT2D eigenvalue weighted by Crippen LogP contribution is 2.42. The molecule has 0 aromatic heterocycles. The third-order valence-corrected chi connectivity index (χ3v) is 8.77. The van der Waals surface area contributed by atoms with Gasteiger partial charge in [-0.25, -0.2) is 4.39 Å². The molecule has 1 atom stereocenters. The van der Waals surface area contributed by atoms with Crippen molar-refractivity contribution in [2.75, 3.05) is 23.3 Å². The highest BCUT2D eigenvalue weighted by Gasteiger charge is 2.39. The molecule has 1 aliphatic carbocycles. The average molecular weight is 535 g/mol. The van der Waals surface area contributed by atoms with Crippen molar-refractivity contribution < 1.29 is 4.39 Å². The Morgan fingerprint density at radius 3 is 2.45 bits per heavy atom. The maximum Gasteiger partial charge on any atom is 0.123 e. The summed E-state index contributed by atoms with van der Waals surface area (Å²) in [6.45, 7) is 8.46. The molecular weight excluding hydrogens is 495 g/mol. The van der Waals surface area contributed by atoms with Crippen molar-refractivity contribution in [3.63, 3.8) is 0 Å². The predicted octanol–water partition coefficient (Wildman–Crippen LogP) is 7.95. The molecule has 3 aromatic carbocycles. The van der Waals surface area contributed by atoms with Crippen LogP contribution < -0.4 is 10.2 Å². The fraction of sp³-hybridized carbons (Fsp3) is 0.343. The van der Waals surface area contributed by atoms with E-state index in [1.165, 1.54) is 41.8 Å². The molecule has 3 aromatic rings. The van der Waals surface area contributed by atoms with E-state index in [2.05, 4.69) is 77.5 Å². The van der Waals surface area contributed by atoms with Crippen LogP contribution in [0.5, 0.6) is 0 Å². The third kappa shape index (κ3) is 5.23. The molecule has 3 aliphatic rings. The maximum atomic E-state index is 13.9. The van der Waals surface area contributed by atoms with Crippen molar-refractivity contribution in [2.45, 2.75) is 64.7 Å². The molecule has 1 unspecified atom stereocenters. The van der Waals surface area contributed by atoms with Gasteiger partial charge >= 0.3 is 0 Å². The van der Waals surface area contributed by atoms with Crippen LogP contribution in [-0.2, 0) is 0 Å². The standard InChI is InChI=1S/C35H39FN4/c1-4-23(2)32-22-28(12-15-31(32)35(37)25-8-7-9-26(36)21-25)38-27-16-18-39(19-17-27)34-20-24(3)30-10-5-6-11-33(30)40(34)29-13-14-29/h4-12,15,20-22,27,29,34,37-38H,13-14,16-19H2,1-3H3/b23-4+,37-35?. The van der Waals surface area contributed by atoms with Crippen molar-refractivity contribution in [1.29, 1.82) is 5.41 Å². The van der Waals surface area contributed by atoms with Crippen molar-refractivity contribution in [3.8, 4) is 0 Å². The molecule has 2 fully saturated rings. The first kappa shape index (κ1) is 26.5. The minimum absolute atomic E-state index is 0.320. The monoisotopic (exact) mass is 534 g/mol. The third-order valence-electron chi connectivity index (χ3n) is 8.77. The first-order valence-corrected chi connectivity index (χ1v) is 14.6. The van der Waals surface area contributed by atoms with Crippen molar-refractivity contribution >= 4 is 28.2 Å². The lowest BCUT2D eigenvalue weighted by Gasteiger charge is -2.46. The molecule has 0 radical (unpaired) electrons. The van der Waals surface area contributed by atoms with Gasteiger partial charge in [0.05, 0.1) is 5.71 Å². The first-order chi connectivity index (χ1) is 19.4. The Morgan fingerprint density at radius 2 is 1.73 bits per heavy atom. The number of rotatable bonds is 7. The van der Waals surface area contributed by atoms with Crippen LogP contribution in [0.25, 0.3) is 11.1 Å². The molecule has 0 amide bonds. The first-order valence-electron chi connectivity index (χ1n) is 14.6. The molecule has 40 heavy (non-hydrogen) atoms. The molecule has 1 saturated heterocycles. The van der Waals surface area contributed by atoms with E-state index < -0.39 is 0 Å². The summed E-state index contributed by atoms with van der Waals surface area (Å²) in [6, 6.07) is 22.5. The topological polar surface area (TPSA) is 42.4 Å². The summed E-state index contributed by atoms with van der Waals surface area (Å²) in [5.74, 6) is -0.320. The van der Waals surface area contributed by atoms with Gasteiger partial charge in [0.25, 0.3) is 0 Å². The number of allylic oxidation sites excluding steroid dienone is 3. The summed E-state index contributed by atoms with van der Waals surface area (Å²) in [4.78, 5) is 5.34. The number of nitrogens with zero attached hydrogens (tertiary/aromatic N) is 2. The summed E-state index contributed by atoms with van der Waals surface area (Å²) in [7, 11) is 0. The quantitative estimate of drug-likeness (QED) is 0.302. The Bertz CT molecular complexity index is 1480. The highest BCUT2D eigenvalue weighted by atomic mass is 19.1. The minimum atomic E-state index is -0.320. The molecule has 0 spiro atoms. The average Bonchev–Trinajstić information content (AvgIpc) is 3.82. The summed E-state index contributed by atoms with van der Waals surface area (Å²) < 4.78 is 13.9. The molecule has 206 valence electrons. The smallest absolute Gasteiger partial charge is 0.123 e. The van der Waals surface area contributed by atoms with Crippen LogP contribution in [0.3, 0.4) is 0 Å². The van der Waals surface area contributed by atoms with Gasteiger partial charge in [-0.05, 0) is 99.6 Å². The minimum Gasteiger partial charge on any atom is -0.382 e. The highest BCUT2D eigenvalue weighted by molar-refractivity contribution is 6.13. The molecule has 0 bridgehead atoms. The Balaban J connectivity index is 1.16. The van der Waals surface area contributed by atoms with E-state index in [-0.39, 0.29) is 5.82 Å². The molecule has 5 heteroatoms. The van der Waals surface area contributed by atoms with E-state index in [1.807, 2.05) is 13.0 Å². The lowest BCUT2D eigenvalue weighted by atomic mass is 9.92. The fourth-order valence-corrected chi connectivity index (χ4v) is 6.29. The largest absolute Gasteiger partial charge is 0.382 e. The summed E-state index contributed by atoms with van der Waals surface area (Å²) in [6.07, 6.45) is 9.63. The molecule has 2 N–H and O–H groups in total. The Hall–Kier alpha value is -3.70. The molecule has 2 aliphatic heterocycles. The number of halogens is 1. The second-order valence-electron chi connectivity index (χ2n) is 11.5.